The van der Waals surface area contributed by atoms with Gasteiger partial charge in [-0.15, -0.1) is 0 Å². The third kappa shape index (κ3) is 3.14. The summed E-state index contributed by atoms with van der Waals surface area (Å²) in [6.45, 7) is 3.09. The Bertz CT molecular complexity index is 587. The quantitative estimate of drug-likeness (QED) is 0.916. The highest BCUT2D eigenvalue weighted by molar-refractivity contribution is 5.84. The molecule has 0 saturated carbocycles. The molecule has 1 aromatic heterocycles. The van der Waals surface area contributed by atoms with Crippen molar-refractivity contribution < 1.29 is 0 Å². The number of aryl methyl sites for hydroxylation is 1. The fourth-order valence-corrected chi connectivity index (χ4v) is 3.66. The first-order chi connectivity index (χ1) is 10.3. The third-order valence-corrected chi connectivity index (χ3v) is 4.91. The van der Waals surface area contributed by atoms with E-state index in [4.69, 9.17) is 5.73 Å². The summed E-state index contributed by atoms with van der Waals surface area (Å²) in [6.07, 6.45) is 8.64. The summed E-state index contributed by atoms with van der Waals surface area (Å²) in [5.74, 6) is 0. The van der Waals surface area contributed by atoms with Gasteiger partial charge in [0.05, 0.1) is 0 Å². The van der Waals surface area contributed by atoms with Gasteiger partial charge in [-0.25, -0.2) is 0 Å². The summed E-state index contributed by atoms with van der Waals surface area (Å²) >= 11 is 0. The lowest BCUT2D eigenvalue weighted by Crippen LogP contribution is -2.36. The predicted molar refractivity (Wildman–Crippen MR) is 89.6 cm³/mol. The van der Waals surface area contributed by atoms with Crippen LogP contribution in [0.15, 0.2) is 30.5 Å². The van der Waals surface area contributed by atoms with Gasteiger partial charge in [-0.3, -0.25) is 0 Å². The number of benzene rings is 1. The van der Waals surface area contributed by atoms with Crippen LogP contribution < -0.4 is 5.73 Å². The first kappa shape index (κ1) is 14.6. The monoisotopic (exact) mass is 285 g/mol. The molecule has 21 heavy (non-hydrogen) atoms. The normalized spacial score (nSPS) is 20.2. The SMILES string of the molecule is CN1CCCCC1CCn1cc(CCN)c2ccccc21. The van der Waals surface area contributed by atoms with E-state index in [9.17, 15) is 0 Å². The average molecular weight is 285 g/mol. The van der Waals surface area contributed by atoms with Crippen molar-refractivity contribution in [3.05, 3.63) is 36.0 Å². The Balaban J connectivity index is 1.77. The standard InChI is InChI=1S/C18H27N3/c1-20-12-5-4-6-16(20)10-13-21-14-15(9-11-19)17-7-2-3-8-18(17)21/h2-3,7-8,14,16H,4-6,9-13,19H2,1H3. The molecule has 1 fully saturated rings. The largest absolute Gasteiger partial charge is 0.347 e. The average Bonchev–Trinajstić information content (AvgIpc) is 2.85. The Kier molecular flexibility index (Phi) is 4.61. The Hall–Kier alpha value is -1.32. The number of hydrogen-bond donors (Lipinski definition) is 1. The van der Waals surface area contributed by atoms with Gasteiger partial charge in [0.15, 0.2) is 0 Å². The van der Waals surface area contributed by atoms with Crippen molar-refractivity contribution in [2.75, 3.05) is 20.1 Å². The second kappa shape index (κ2) is 6.63. The molecule has 0 spiro atoms. The highest BCUT2D eigenvalue weighted by Crippen LogP contribution is 2.24. The highest BCUT2D eigenvalue weighted by Gasteiger charge is 2.19. The van der Waals surface area contributed by atoms with Crippen LogP contribution >= 0.6 is 0 Å². The van der Waals surface area contributed by atoms with Gasteiger partial charge in [0.2, 0.25) is 0 Å². The smallest absolute Gasteiger partial charge is 0.0483 e. The molecule has 1 atom stereocenters. The van der Waals surface area contributed by atoms with E-state index in [1.54, 1.807) is 0 Å². The minimum atomic E-state index is 0.722. The fourth-order valence-electron chi connectivity index (χ4n) is 3.66. The lowest BCUT2D eigenvalue weighted by molar-refractivity contribution is 0.171. The molecule has 1 aliphatic rings. The summed E-state index contributed by atoms with van der Waals surface area (Å²) in [6, 6.07) is 9.47. The first-order valence-electron chi connectivity index (χ1n) is 8.26. The molecule has 1 aromatic carbocycles. The number of fused-ring (bicyclic) bond motifs is 1. The highest BCUT2D eigenvalue weighted by atomic mass is 15.1. The van der Waals surface area contributed by atoms with Gasteiger partial charge < -0.3 is 15.2 Å². The van der Waals surface area contributed by atoms with E-state index in [1.807, 2.05) is 0 Å². The Morgan fingerprint density at radius 2 is 2.10 bits per heavy atom. The van der Waals surface area contributed by atoms with Crippen LogP contribution in [-0.2, 0) is 13.0 Å². The van der Waals surface area contributed by atoms with E-state index in [2.05, 4.69) is 47.0 Å². The van der Waals surface area contributed by atoms with Gasteiger partial charge in [-0.2, -0.15) is 0 Å². The number of nitrogens with two attached hydrogens (primary N) is 1. The van der Waals surface area contributed by atoms with Gasteiger partial charge in [-0.1, -0.05) is 24.6 Å². The molecule has 0 amide bonds. The second-order valence-electron chi connectivity index (χ2n) is 6.32. The van der Waals surface area contributed by atoms with Crippen LogP contribution in [0.1, 0.15) is 31.2 Å². The number of piperidine rings is 1. The molecule has 0 bridgehead atoms. The number of likely N-dealkylation sites (tertiary alicyclic amines) is 1. The molecule has 1 aliphatic heterocycles. The number of hydrogen-bond acceptors (Lipinski definition) is 2. The van der Waals surface area contributed by atoms with E-state index in [0.29, 0.717) is 0 Å². The molecule has 3 rings (SSSR count). The third-order valence-electron chi connectivity index (χ3n) is 4.91. The summed E-state index contributed by atoms with van der Waals surface area (Å²) in [5, 5.41) is 1.37. The van der Waals surface area contributed by atoms with Crippen molar-refractivity contribution in [3.63, 3.8) is 0 Å². The van der Waals surface area contributed by atoms with E-state index in [0.717, 1.165) is 25.6 Å². The Labute approximate surface area is 127 Å². The maximum Gasteiger partial charge on any atom is 0.0483 e. The summed E-state index contributed by atoms with van der Waals surface area (Å²) < 4.78 is 2.43. The van der Waals surface area contributed by atoms with E-state index >= 15 is 0 Å². The van der Waals surface area contributed by atoms with Crippen LogP contribution in [0.3, 0.4) is 0 Å². The van der Waals surface area contributed by atoms with Crippen LogP contribution in [0.2, 0.25) is 0 Å². The van der Waals surface area contributed by atoms with Crippen molar-refractivity contribution in [2.45, 2.75) is 44.7 Å². The van der Waals surface area contributed by atoms with Gasteiger partial charge >= 0.3 is 0 Å². The Morgan fingerprint density at radius 1 is 1.24 bits per heavy atom. The Morgan fingerprint density at radius 3 is 2.90 bits per heavy atom. The van der Waals surface area contributed by atoms with E-state index in [1.165, 1.54) is 48.7 Å². The van der Waals surface area contributed by atoms with Crippen molar-refractivity contribution in [2.24, 2.45) is 5.73 Å². The molecule has 3 nitrogen and oxygen atoms in total. The van der Waals surface area contributed by atoms with Crippen LogP contribution in [-0.4, -0.2) is 35.6 Å². The van der Waals surface area contributed by atoms with Gasteiger partial charge in [0, 0.05) is 29.7 Å². The van der Waals surface area contributed by atoms with Crippen molar-refractivity contribution in [3.8, 4) is 0 Å². The number of nitrogens with zero attached hydrogens (tertiary/aromatic N) is 2. The lowest BCUT2D eigenvalue weighted by atomic mass is 10.0. The zero-order valence-electron chi connectivity index (χ0n) is 13.1. The second-order valence-corrected chi connectivity index (χ2v) is 6.32. The van der Waals surface area contributed by atoms with E-state index < -0.39 is 0 Å². The summed E-state index contributed by atoms with van der Waals surface area (Å²) in [5.41, 5.74) is 8.51. The minimum absolute atomic E-state index is 0.722. The molecule has 0 aliphatic carbocycles. The molecule has 1 saturated heterocycles. The zero-order chi connectivity index (χ0) is 14.7. The summed E-state index contributed by atoms with van der Waals surface area (Å²) in [4.78, 5) is 2.54. The molecule has 114 valence electrons. The molecule has 2 aromatic rings. The van der Waals surface area contributed by atoms with Crippen molar-refractivity contribution in [1.82, 2.24) is 9.47 Å². The lowest BCUT2D eigenvalue weighted by Gasteiger charge is -2.32. The summed E-state index contributed by atoms with van der Waals surface area (Å²) in [7, 11) is 2.28. The van der Waals surface area contributed by atoms with Crippen LogP contribution in [0.4, 0.5) is 0 Å². The molecule has 0 radical (unpaired) electrons. The molecule has 2 N–H and O–H groups in total. The van der Waals surface area contributed by atoms with Gasteiger partial charge in [0.25, 0.3) is 0 Å². The number of rotatable bonds is 5. The van der Waals surface area contributed by atoms with Crippen molar-refractivity contribution in [1.29, 1.82) is 0 Å². The maximum atomic E-state index is 5.75. The van der Waals surface area contributed by atoms with Crippen molar-refractivity contribution >= 4 is 10.9 Å². The number of aromatic nitrogens is 1. The number of para-hydroxylation sites is 1. The van der Waals surface area contributed by atoms with E-state index in [-0.39, 0.29) is 0 Å². The molecular formula is C18H27N3. The molecule has 2 heterocycles. The topological polar surface area (TPSA) is 34.2 Å². The van der Waals surface area contributed by atoms with Gasteiger partial charge in [-0.05, 0) is 57.5 Å². The fraction of sp³-hybridized carbons (Fsp3) is 0.556. The molecule has 1 unspecified atom stereocenters. The first-order valence-corrected chi connectivity index (χ1v) is 8.26. The van der Waals surface area contributed by atoms with Crippen LogP contribution in [0.25, 0.3) is 10.9 Å². The zero-order valence-corrected chi connectivity index (χ0v) is 13.1. The van der Waals surface area contributed by atoms with Crippen LogP contribution in [0.5, 0.6) is 0 Å². The molecule has 3 heteroatoms. The van der Waals surface area contributed by atoms with Gasteiger partial charge in [0.1, 0.15) is 0 Å². The molecular weight excluding hydrogens is 258 g/mol. The van der Waals surface area contributed by atoms with Crippen LogP contribution in [0, 0.1) is 0 Å². The predicted octanol–water partition coefficient (Wildman–Crippen LogP) is 3.02. The maximum absolute atomic E-state index is 5.75. The minimum Gasteiger partial charge on any atom is -0.347 e.